The number of thioether (sulfide) groups is 1. The van der Waals surface area contributed by atoms with Crippen LogP contribution in [0.3, 0.4) is 0 Å². The number of benzene rings is 1. The Bertz CT molecular complexity index is 391. The van der Waals surface area contributed by atoms with E-state index in [9.17, 15) is 4.79 Å². The summed E-state index contributed by atoms with van der Waals surface area (Å²) in [6.07, 6.45) is 3.11. The third-order valence-electron chi connectivity index (χ3n) is 3.17. The minimum atomic E-state index is -0.0461. The highest BCUT2D eigenvalue weighted by Gasteiger charge is 2.29. The maximum atomic E-state index is 12.0. The maximum Gasteiger partial charge on any atom is 0.241 e. The van der Waals surface area contributed by atoms with Crippen molar-refractivity contribution in [3.8, 4) is 0 Å². The van der Waals surface area contributed by atoms with E-state index in [4.69, 9.17) is 0 Å². The van der Waals surface area contributed by atoms with Gasteiger partial charge in [-0.2, -0.15) is 0 Å². The topological polar surface area (TPSA) is 41.1 Å². The van der Waals surface area contributed by atoms with Gasteiger partial charge in [-0.05, 0) is 49.4 Å². The molecule has 92 valence electrons. The average molecular weight is 250 g/mol. The van der Waals surface area contributed by atoms with Gasteiger partial charge in [0.1, 0.15) is 0 Å². The molecule has 0 spiro atoms. The third kappa shape index (κ3) is 3.01. The summed E-state index contributed by atoms with van der Waals surface area (Å²) < 4.78 is 0. The molecule has 2 unspecified atom stereocenters. The largest absolute Gasteiger partial charge is 0.325 e. The highest BCUT2D eigenvalue weighted by Crippen LogP contribution is 2.19. The summed E-state index contributed by atoms with van der Waals surface area (Å²) >= 11 is 1.70. The van der Waals surface area contributed by atoms with Crippen molar-refractivity contribution in [3.63, 3.8) is 0 Å². The maximum absolute atomic E-state index is 12.0. The molecule has 1 aliphatic rings. The summed E-state index contributed by atoms with van der Waals surface area (Å²) in [5, 5.41) is 6.19. The van der Waals surface area contributed by atoms with Gasteiger partial charge in [-0.3, -0.25) is 4.79 Å². The lowest BCUT2D eigenvalue weighted by Gasteiger charge is -2.15. The molecular formula is C13H18N2OS. The predicted octanol–water partition coefficient (Wildman–Crippen LogP) is 2.35. The van der Waals surface area contributed by atoms with Crippen molar-refractivity contribution in [2.45, 2.75) is 24.3 Å². The van der Waals surface area contributed by atoms with Crippen molar-refractivity contribution >= 4 is 23.4 Å². The highest BCUT2D eigenvalue weighted by molar-refractivity contribution is 7.98. The normalized spacial score (nSPS) is 23.6. The first-order valence-electron chi connectivity index (χ1n) is 5.89. The van der Waals surface area contributed by atoms with Crippen LogP contribution in [0, 0.1) is 5.92 Å². The summed E-state index contributed by atoms with van der Waals surface area (Å²) in [6, 6.07) is 7.89. The van der Waals surface area contributed by atoms with Crippen LogP contribution in [-0.2, 0) is 4.79 Å². The zero-order valence-corrected chi connectivity index (χ0v) is 11.0. The van der Waals surface area contributed by atoms with Crippen molar-refractivity contribution < 1.29 is 4.79 Å². The Kier molecular flexibility index (Phi) is 4.07. The Morgan fingerprint density at radius 1 is 1.41 bits per heavy atom. The van der Waals surface area contributed by atoms with E-state index in [-0.39, 0.29) is 11.9 Å². The lowest BCUT2D eigenvalue weighted by atomic mass is 10.0. The summed E-state index contributed by atoms with van der Waals surface area (Å²) in [5.74, 6) is 0.493. The number of nitrogens with one attached hydrogen (secondary N) is 2. The van der Waals surface area contributed by atoms with Crippen molar-refractivity contribution in [1.82, 2.24) is 5.32 Å². The minimum absolute atomic E-state index is 0.0461. The first-order valence-corrected chi connectivity index (χ1v) is 7.11. The van der Waals surface area contributed by atoms with Gasteiger partial charge in [0.25, 0.3) is 0 Å². The number of anilines is 1. The van der Waals surface area contributed by atoms with E-state index in [0.717, 1.165) is 18.7 Å². The lowest BCUT2D eigenvalue weighted by molar-refractivity contribution is -0.118. The van der Waals surface area contributed by atoms with Crippen LogP contribution in [0.4, 0.5) is 5.69 Å². The highest BCUT2D eigenvalue weighted by atomic mass is 32.2. The summed E-state index contributed by atoms with van der Waals surface area (Å²) in [7, 11) is 0. The zero-order valence-electron chi connectivity index (χ0n) is 10.2. The van der Waals surface area contributed by atoms with E-state index in [1.165, 1.54) is 4.90 Å². The van der Waals surface area contributed by atoms with E-state index in [2.05, 4.69) is 17.6 Å². The van der Waals surface area contributed by atoms with Gasteiger partial charge in [-0.15, -0.1) is 11.8 Å². The Morgan fingerprint density at radius 2 is 2.12 bits per heavy atom. The fraction of sp³-hybridized carbons (Fsp3) is 0.462. The Labute approximate surface area is 106 Å². The molecule has 17 heavy (non-hydrogen) atoms. The Hall–Kier alpha value is -1.00. The van der Waals surface area contributed by atoms with Crippen molar-refractivity contribution in [2.24, 2.45) is 5.92 Å². The standard InChI is InChI=1S/C13H18N2OS/c1-9-7-8-14-12(9)13(16)15-10-3-5-11(17-2)6-4-10/h3-6,9,12,14H,7-8H2,1-2H3,(H,15,16). The van der Waals surface area contributed by atoms with Gasteiger partial charge >= 0.3 is 0 Å². The van der Waals surface area contributed by atoms with Gasteiger partial charge in [0.05, 0.1) is 6.04 Å². The molecule has 2 atom stereocenters. The molecule has 4 heteroatoms. The Morgan fingerprint density at radius 3 is 2.65 bits per heavy atom. The lowest BCUT2D eigenvalue weighted by Crippen LogP contribution is -2.39. The van der Waals surface area contributed by atoms with Crippen LogP contribution in [0.25, 0.3) is 0 Å². The molecule has 0 radical (unpaired) electrons. The van der Waals surface area contributed by atoms with Crippen LogP contribution in [0.2, 0.25) is 0 Å². The number of rotatable bonds is 3. The molecule has 1 aliphatic heterocycles. The number of carbonyl (C=O) groups is 1. The second kappa shape index (κ2) is 5.56. The molecule has 1 heterocycles. The van der Waals surface area contributed by atoms with E-state index in [0.29, 0.717) is 5.92 Å². The molecule has 1 amide bonds. The van der Waals surface area contributed by atoms with Gasteiger partial charge in [-0.1, -0.05) is 6.92 Å². The molecule has 1 aromatic carbocycles. The molecule has 1 fully saturated rings. The van der Waals surface area contributed by atoms with E-state index >= 15 is 0 Å². The SMILES string of the molecule is CSc1ccc(NC(=O)C2NCCC2C)cc1. The van der Waals surface area contributed by atoms with Crippen LogP contribution in [0.1, 0.15) is 13.3 Å². The number of hydrogen-bond acceptors (Lipinski definition) is 3. The first kappa shape index (κ1) is 12.5. The Balaban J connectivity index is 1.97. The van der Waals surface area contributed by atoms with Gasteiger partial charge in [0, 0.05) is 10.6 Å². The number of amides is 1. The van der Waals surface area contributed by atoms with E-state index in [1.807, 2.05) is 30.5 Å². The summed E-state index contributed by atoms with van der Waals surface area (Å²) in [4.78, 5) is 13.2. The molecule has 3 nitrogen and oxygen atoms in total. The smallest absolute Gasteiger partial charge is 0.241 e. The molecule has 0 bridgehead atoms. The van der Waals surface area contributed by atoms with E-state index in [1.54, 1.807) is 11.8 Å². The van der Waals surface area contributed by atoms with Crippen LogP contribution in [0.5, 0.6) is 0 Å². The van der Waals surface area contributed by atoms with Crippen molar-refractivity contribution in [1.29, 1.82) is 0 Å². The van der Waals surface area contributed by atoms with Crippen LogP contribution >= 0.6 is 11.8 Å². The molecule has 0 aliphatic carbocycles. The van der Waals surface area contributed by atoms with Gasteiger partial charge < -0.3 is 10.6 Å². The van der Waals surface area contributed by atoms with Crippen LogP contribution < -0.4 is 10.6 Å². The average Bonchev–Trinajstić information content (AvgIpc) is 2.76. The van der Waals surface area contributed by atoms with Gasteiger partial charge in [-0.25, -0.2) is 0 Å². The molecule has 0 saturated carbocycles. The minimum Gasteiger partial charge on any atom is -0.325 e. The second-order valence-electron chi connectivity index (χ2n) is 4.42. The summed E-state index contributed by atoms with van der Waals surface area (Å²) in [6.45, 7) is 3.05. The number of carbonyl (C=O) groups excluding carboxylic acids is 1. The fourth-order valence-electron chi connectivity index (χ4n) is 2.08. The molecule has 1 saturated heterocycles. The van der Waals surface area contributed by atoms with E-state index < -0.39 is 0 Å². The molecular weight excluding hydrogens is 232 g/mol. The molecule has 1 aromatic rings. The number of hydrogen-bond donors (Lipinski definition) is 2. The monoisotopic (exact) mass is 250 g/mol. The molecule has 2 N–H and O–H groups in total. The zero-order chi connectivity index (χ0) is 12.3. The third-order valence-corrected chi connectivity index (χ3v) is 3.92. The van der Waals surface area contributed by atoms with Gasteiger partial charge in [0.2, 0.25) is 5.91 Å². The predicted molar refractivity (Wildman–Crippen MR) is 72.4 cm³/mol. The van der Waals surface area contributed by atoms with Gasteiger partial charge in [0.15, 0.2) is 0 Å². The van der Waals surface area contributed by atoms with Crippen molar-refractivity contribution in [3.05, 3.63) is 24.3 Å². The fourth-order valence-corrected chi connectivity index (χ4v) is 2.49. The molecule has 0 aromatic heterocycles. The quantitative estimate of drug-likeness (QED) is 0.809. The van der Waals surface area contributed by atoms with Crippen LogP contribution in [-0.4, -0.2) is 24.7 Å². The van der Waals surface area contributed by atoms with Crippen LogP contribution in [0.15, 0.2) is 29.2 Å². The second-order valence-corrected chi connectivity index (χ2v) is 5.30. The van der Waals surface area contributed by atoms with Crippen molar-refractivity contribution in [2.75, 3.05) is 18.1 Å². The first-order chi connectivity index (χ1) is 8.20. The molecule has 2 rings (SSSR count). The summed E-state index contributed by atoms with van der Waals surface area (Å²) in [5.41, 5.74) is 0.869.